The predicted molar refractivity (Wildman–Crippen MR) is 103 cm³/mol. The van der Waals surface area contributed by atoms with Crippen molar-refractivity contribution < 1.29 is 13.2 Å². The lowest BCUT2D eigenvalue weighted by atomic mass is 10.1. The zero-order valence-corrected chi connectivity index (χ0v) is 16.3. The fourth-order valence-corrected chi connectivity index (χ4v) is 5.72. The summed E-state index contributed by atoms with van der Waals surface area (Å²) in [5.41, 5.74) is 0.820. The van der Waals surface area contributed by atoms with E-state index in [-0.39, 0.29) is 36.0 Å². The van der Waals surface area contributed by atoms with Gasteiger partial charge in [0.15, 0.2) is 9.84 Å². The molecule has 0 aromatic carbocycles. The second kappa shape index (κ2) is 8.28. The van der Waals surface area contributed by atoms with Crippen LogP contribution in [0.25, 0.3) is 0 Å². The number of thiophene rings is 1. The minimum atomic E-state index is -2.96. The van der Waals surface area contributed by atoms with Crippen molar-refractivity contribution in [3.05, 3.63) is 52.5 Å². The molecule has 8 heteroatoms. The van der Waals surface area contributed by atoms with Gasteiger partial charge in [-0.25, -0.2) is 8.42 Å². The van der Waals surface area contributed by atoms with Crippen LogP contribution in [0.4, 0.5) is 0 Å². The van der Waals surface area contributed by atoms with E-state index in [1.807, 2.05) is 40.6 Å². The van der Waals surface area contributed by atoms with Crippen molar-refractivity contribution in [3.63, 3.8) is 0 Å². The first-order chi connectivity index (χ1) is 12.4. The molecule has 26 heavy (non-hydrogen) atoms. The first kappa shape index (κ1) is 19.0. The van der Waals surface area contributed by atoms with Crippen LogP contribution in [0.15, 0.2) is 41.9 Å². The number of likely N-dealkylation sites (N-methyl/N-ethyl adjacent to an activating group) is 1. The Morgan fingerprint density at radius 1 is 1.38 bits per heavy atom. The molecule has 3 rings (SSSR count). The van der Waals surface area contributed by atoms with Crippen molar-refractivity contribution >= 4 is 27.1 Å². The number of aromatic nitrogens is 1. The van der Waals surface area contributed by atoms with E-state index < -0.39 is 9.84 Å². The van der Waals surface area contributed by atoms with Crippen LogP contribution in [-0.4, -0.2) is 55.3 Å². The first-order valence-electron chi connectivity index (χ1n) is 8.56. The monoisotopic (exact) mass is 393 g/mol. The Labute approximate surface area is 158 Å². The highest BCUT2D eigenvalue weighted by Gasteiger charge is 2.31. The quantitative estimate of drug-likeness (QED) is 0.774. The molecule has 6 nitrogen and oxygen atoms in total. The molecule has 1 saturated heterocycles. The molecule has 3 heterocycles. The summed E-state index contributed by atoms with van der Waals surface area (Å²) in [6, 6.07) is 9.41. The molecule has 1 aliphatic rings. The van der Waals surface area contributed by atoms with E-state index in [9.17, 15) is 13.2 Å². The molecule has 0 aliphatic carbocycles. The highest BCUT2D eigenvalue weighted by Crippen LogP contribution is 2.20. The van der Waals surface area contributed by atoms with Gasteiger partial charge in [-0.1, -0.05) is 12.1 Å². The van der Waals surface area contributed by atoms with Gasteiger partial charge in [-0.3, -0.25) is 14.7 Å². The van der Waals surface area contributed by atoms with Crippen molar-refractivity contribution in [3.8, 4) is 0 Å². The van der Waals surface area contributed by atoms with Crippen molar-refractivity contribution in [1.82, 2.24) is 15.2 Å². The normalized spacial score (nSPS) is 20.2. The van der Waals surface area contributed by atoms with Crippen LogP contribution in [0.2, 0.25) is 0 Å². The summed E-state index contributed by atoms with van der Waals surface area (Å²) in [6.07, 6.45) is 2.99. The number of nitrogens with zero attached hydrogens (tertiary/aromatic N) is 2. The number of carbonyl (C=O) groups is 1. The molecule has 1 N–H and O–H groups in total. The topological polar surface area (TPSA) is 79.4 Å². The molecular weight excluding hydrogens is 370 g/mol. The molecule has 140 valence electrons. The summed E-state index contributed by atoms with van der Waals surface area (Å²) < 4.78 is 23.3. The number of rotatable bonds is 7. The number of hydrogen-bond acceptors (Lipinski definition) is 6. The van der Waals surface area contributed by atoms with E-state index in [0.717, 1.165) is 5.69 Å². The molecule has 0 saturated carbocycles. The van der Waals surface area contributed by atoms with Crippen molar-refractivity contribution in [2.45, 2.75) is 24.9 Å². The molecular formula is C18H23N3O3S2. The van der Waals surface area contributed by atoms with Gasteiger partial charge in [0.1, 0.15) is 0 Å². The maximum atomic E-state index is 12.6. The molecule has 2 aromatic heterocycles. The molecule has 2 aromatic rings. The van der Waals surface area contributed by atoms with Gasteiger partial charge in [0.05, 0.1) is 29.8 Å². The smallest absolute Gasteiger partial charge is 0.234 e. The number of pyridine rings is 1. The van der Waals surface area contributed by atoms with Gasteiger partial charge in [-0.15, -0.1) is 11.3 Å². The molecule has 1 amide bonds. The van der Waals surface area contributed by atoms with Crippen LogP contribution in [0.3, 0.4) is 0 Å². The van der Waals surface area contributed by atoms with Crippen LogP contribution < -0.4 is 5.32 Å². The molecule has 0 bridgehead atoms. The summed E-state index contributed by atoms with van der Waals surface area (Å²) in [6.45, 7) is 0.175. The van der Waals surface area contributed by atoms with E-state index in [1.165, 1.54) is 4.88 Å². The van der Waals surface area contributed by atoms with Gasteiger partial charge < -0.3 is 5.32 Å². The summed E-state index contributed by atoms with van der Waals surface area (Å²) in [4.78, 5) is 20.0. The molecule has 0 spiro atoms. The Kier molecular flexibility index (Phi) is 6.05. The van der Waals surface area contributed by atoms with Crippen LogP contribution in [0, 0.1) is 0 Å². The predicted octanol–water partition coefficient (Wildman–Crippen LogP) is 1.66. The summed E-state index contributed by atoms with van der Waals surface area (Å²) in [5, 5.41) is 5.08. The van der Waals surface area contributed by atoms with E-state index in [2.05, 4.69) is 10.3 Å². The van der Waals surface area contributed by atoms with Gasteiger partial charge in [-0.2, -0.15) is 0 Å². The van der Waals surface area contributed by atoms with E-state index in [4.69, 9.17) is 0 Å². The highest BCUT2D eigenvalue weighted by molar-refractivity contribution is 7.91. The van der Waals surface area contributed by atoms with Gasteiger partial charge in [-0.05, 0) is 37.0 Å². The number of hydrogen-bond donors (Lipinski definition) is 1. The zero-order valence-electron chi connectivity index (χ0n) is 14.7. The van der Waals surface area contributed by atoms with Crippen molar-refractivity contribution in [2.24, 2.45) is 0 Å². The standard InChI is InChI=1S/C18H23N3O3S2/c1-21(14-7-10-26(23,24)13-14)12-18(22)20-17(11-15-5-4-9-25-15)16-6-2-3-8-19-16/h2-6,8-9,14,17H,7,10-13H2,1H3,(H,20,22)/t14-,17-/m1/s1. The SMILES string of the molecule is CN(CC(=O)N[C@H](Cc1cccs1)c1ccccn1)[C@@H]1CCS(=O)(=O)C1. The van der Waals surface area contributed by atoms with Crippen molar-refractivity contribution in [2.75, 3.05) is 25.1 Å². The Morgan fingerprint density at radius 2 is 2.23 bits per heavy atom. The van der Waals surface area contributed by atoms with E-state index in [1.54, 1.807) is 24.6 Å². The number of carbonyl (C=O) groups excluding carboxylic acids is 1. The minimum Gasteiger partial charge on any atom is -0.346 e. The molecule has 0 unspecified atom stereocenters. The minimum absolute atomic E-state index is 0.0867. The first-order valence-corrected chi connectivity index (χ1v) is 11.3. The number of sulfone groups is 1. The highest BCUT2D eigenvalue weighted by atomic mass is 32.2. The fraction of sp³-hybridized carbons (Fsp3) is 0.444. The van der Waals surface area contributed by atoms with Gasteiger partial charge in [0, 0.05) is 23.5 Å². The maximum absolute atomic E-state index is 12.6. The van der Waals surface area contributed by atoms with Gasteiger partial charge >= 0.3 is 0 Å². The average molecular weight is 394 g/mol. The summed E-state index contributed by atoms with van der Waals surface area (Å²) in [5.74, 6) is 0.220. The summed E-state index contributed by atoms with van der Waals surface area (Å²) in [7, 11) is -1.15. The summed E-state index contributed by atoms with van der Waals surface area (Å²) >= 11 is 1.65. The average Bonchev–Trinajstić information content (AvgIpc) is 3.24. The lowest BCUT2D eigenvalue weighted by Gasteiger charge is -2.24. The van der Waals surface area contributed by atoms with Crippen LogP contribution in [-0.2, 0) is 21.1 Å². The largest absolute Gasteiger partial charge is 0.346 e. The Morgan fingerprint density at radius 3 is 2.85 bits per heavy atom. The van der Waals surface area contributed by atoms with Gasteiger partial charge in [0.2, 0.25) is 5.91 Å². The van der Waals surface area contributed by atoms with Gasteiger partial charge in [0.25, 0.3) is 0 Å². The Hall–Kier alpha value is -1.77. The van der Waals surface area contributed by atoms with Crippen LogP contribution in [0.1, 0.15) is 23.0 Å². The molecule has 1 fully saturated rings. The third-order valence-electron chi connectivity index (χ3n) is 4.59. The van der Waals surface area contributed by atoms with E-state index >= 15 is 0 Å². The zero-order chi connectivity index (χ0) is 18.6. The molecule has 1 aliphatic heterocycles. The van der Waals surface area contributed by atoms with E-state index in [0.29, 0.717) is 12.8 Å². The lowest BCUT2D eigenvalue weighted by molar-refractivity contribution is -0.123. The second-order valence-electron chi connectivity index (χ2n) is 6.63. The lowest BCUT2D eigenvalue weighted by Crippen LogP contribution is -2.42. The van der Waals surface area contributed by atoms with Crippen LogP contribution in [0.5, 0.6) is 0 Å². The molecule has 2 atom stereocenters. The number of nitrogens with one attached hydrogen (secondary N) is 1. The Bertz CT molecular complexity index is 823. The second-order valence-corrected chi connectivity index (χ2v) is 9.89. The Balaban J connectivity index is 1.63. The van der Waals surface area contributed by atoms with Crippen molar-refractivity contribution in [1.29, 1.82) is 0 Å². The molecule has 0 radical (unpaired) electrons. The third kappa shape index (κ3) is 5.12. The van der Waals surface area contributed by atoms with Crippen LogP contribution >= 0.6 is 11.3 Å². The maximum Gasteiger partial charge on any atom is 0.234 e. The third-order valence-corrected chi connectivity index (χ3v) is 7.24. The fourth-order valence-electron chi connectivity index (χ4n) is 3.16. The number of amides is 1.